The Bertz CT molecular complexity index is 705. The zero-order valence-corrected chi connectivity index (χ0v) is 10.4. The molecule has 0 saturated carbocycles. The van der Waals surface area contributed by atoms with Crippen LogP contribution in [0.15, 0.2) is 41.7 Å². The molecule has 2 aromatic rings. The summed E-state index contributed by atoms with van der Waals surface area (Å²) in [5, 5.41) is 3.21. The first kappa shape index (κ1) is 14.5. The standard InChI is InChI=1S/C13H8F3N3O2/c14-7-4-5-8(15)11(16)10(7)13(20)21-19-12(17)9-3-1-2-6-18-9/h1-6H,(H2,17,19). The van der Waals surface area contributed by atoms with E-state index in [4.69, 9.17) is 5.73 Å². The Balaban J connectivity index is 2.22. The second-order valence-electron chi connectivity index (χ2n) is 3.79. The number of carbonyl (C=O) groups is 1. The van der Waals surface area contributed by atoms with Gasteiger partial charge in [0.15, 0.2) is 17.5 Å². The number of nitrogens with two attached hydrogens (primary N) is 1. The lowest BCUT2D eigenvalue weighted by atomic mass is 10.2. The van der Waals surface area contributed by atoms with Crippen LogP contribution in [0.1, 0.15) is 16.1 Å². The van der Waals surface area contributed by atoms with Gasteiger partial charge in [-0.3, -0.25) is 4.98 Å². The predicted octanol–water partition coefficient (Wildman–Crippen LogP) is 1.98. The largest absolute Gasteiger partial charge is 0.379 e. The molecular formula is C13H8F3N3O2. The molecule has 0 aliphatic carbocycles. The summed E-state index contributed by atoms with van der Waals surface area (Å²) in [6, 6.07) is 5.86. The third kappa shape index (κ3) is 3.16. The molecule has 108 valence electrons. The van der Waals surface area contributed by atoms with E-state index in [0.29, 0.717) is 12.1 Å². The first-order valence-corrected chi connectivity index (χ1v) is 5.60. The van der Waals surface area contributed by atoms with Crippen LogP contribution in [0.4, 0.5) is 13.2 Å². The highest BCUT2D eigenvalue weighted by atomic mass is 19.2. The number of pyridine rings is 1. The fourth-order valence-electron chi connectivity index (χ4n) is 1.41. The van der Waals surface area contributed by atoms with E-state index in [1.807, 2.05) is 0 Å². The first-order chi connectivity index (χ1) is 10.0. The van der Waals surface area contributed by atoms with Crippen LogP contribution < -0.4 is 5.73 Å². The van der Waals surface area contributed by atoms with Crippen molar-refractivity contribution in [2.45, 2.75) is 0 Å². The Morgan fingerprint density at radius 2 is 1.86 bits per heavy atom. The highest BCUT2D eigenvalue weighted by Crippen LogP contribution is 2.17. The molecular weight excluding hydrogens is 287 g/mol. The molecule has 2 rings (SSSR count). The third-order valence-corrected chi connectivity index (χ3v) is 2.40. The van der Waals surface area contributed by atoms with Crippen molar-refractivity contribution in [1.82, 2.24) is 4.98 Å². The van der Waals surface area contributed by atoms with Crippen molar-refractivity contribution in [2.24, 2.45) is 10.9 Å². The van der Waals surface area contributed by atoms with Crippen molar-refractivity contribution in [3.63, 3.8) is 0 Å². The van der Waals surface area contributed by atoms with Gasteiger partial charge in [0.1, 0.15) is 17.1 Å². The Morgan fingerprint density at radius 1 is 1.14 bits per heavy atom. The number of rotatable bonds is 3. The summed E-state index contributed by atoms with van der Waals surface area (Å²) in [6.07, 6.45) is 1.42. The van der Waals surface area contributed by atoms with Crippen LogP contribution in [0.5, 0.6) is 0 Å². The molecule has 0 unspecified atom stereocenters. The summed E-state index contributed by atoms with van der Waals surface area (Å²) < 4.78 is 39.6. The molecule has 0 bridgehead atoms. The quantitative estimate of drug-likeness (QED) is 0.309. The molecule has 1 aromatic carbocycles. The van der Waals surface area contributed by atoms with Gasteiger partial charge in [-0.05, 0) is 24.3 Å². The Morgan fingerprint density at radius 3 is 2.52 bits per heavy atom. The number of benzene rings is 1. The number of halogens is 3. The zero-order chi connectivity index (χ0) is 15.4. The fraction of sp³-hybridized carbons (Fsp3) is 0. The molecule has 0 fully saturated rings. The Kier molecular flexibility index (Phi) is 4.17. The van der Waals surface area contributed by atoms with E-state index in [0.717, 1.165) is 0 Å². The van der Waals surface area contributed by atoms with E-state index in [-0.39, 0.29) is 11.5 Å². The fourth-order valence-corrected chi connectivity index (χ4v) is 1.41. The molecule has 1 aromatic heterocycles. The van der Waals surface area contributed by atoms with Crippen LogP contribution in [0.25, 0.3) is 0 Å². The van der Waals surface area contributed by atoms with Crippen molar-refractivity contribution in [3.8, 4) is 0 Å². The molecule has 0 amide bonds. The summed E-state index contributed by atoms with van der Waals surface area (Å²) in [7, 11) is 0. The number of hydrogen-bond donors (Lipinski definition) is 1. The number of aromatic nitrogens is 1. The van der Waals surface area contributed by atoms with Gasteiger partial charge in [-0.1, -0.05) is 11.2 Å². The molecule has 0 spiro atoms. The van der Waals surface area contributed by atoms with Gasteiger partial charge in [-0.25, -0.2) is 18.0 Å². The number of carbonyl (C=O) groups excluding carboxylic acids is 1. The maximum absolute atomic E-state index is 13.4. The van der Waals surface area contributed by atoms with Crippen LogP contribution in [0.2, 0.25) is 0 Å². The lowest BCUT2D eigenvalue weighted by Crippen LogP contribution is -2.17. The maximum Gasteiger partial charge on any atom is 0.371 e. The number of hydrogen-bond acceptors (Lipinski definition) is 4. The normalized spacial score (nSPS) is 11.3. The van der Waals surface area contributed by atoms with Crippen molar-refractivity contribution < 1.29 is 22.8 Å². The number of nitrogens with zero attached hydrogens (tertiary/aromatic N) is 2. The van der Waals surface area contributed by atoms with E-state index < -0.39 is 29.0 Å². The van der Waals surface area contributed by atoms with Gasteiger partial charge in [0, 0.05) is 6.20 Å². The summed E-state index contributed by atoms with van der Waals surface area (Å²) in [6.45, 7) is 0. The molecule has 8 heteroatoms. The van der Waals surface area contributed by atoms with Gasteiger partial charge in [0.05, 0.1) is 0 Å². The van der Waals surface area contributed by atoms with Gasteiger partial charge >= 0.3 is 5.97 Å². The van der Waals surface area contributed by atoms with Gasteiger partial charge < -0.3 is 10.6 Å². The Hall–Kier alpha value is -2.90. The summed E-state index contributed by atoms with van der Waals surface area (Å²) in [5.74, 6) is -6.10. The van der Waals surface area contributed by atoms with E-state index in [1.165, 1.54) is 12.3 Å². The summed E-state index contributed by atoms with van der Waals surface area (Å²) in [4.78, 5) is 19.6. The average Bonchev–Trinajstić information content (AvgIpc) is 2.50. The van der Waals surface area contributed by atoms with Crippen molar-refractivity contribution in [2.75, 3.05) is 0 Å². The molecule has 0 aliphatic heterocycles. The van der Waals surface area contributed by atoms with Gasteiger partial charge in [-0.15, -0.1) is 0 Å². The summed E-state index contributed by atoms with van der Waals surface area (Å²) >= 11 is 0. The minimum atomic E-state index is -1.66. The van der Waals surface area contributed by atoms with Gasteiger partial charge in [-0.2, -0.15) is 0 Å². The zero-order valence-electron chi connectivity index (χ0n) is 10.4. The average molecular weight is 295 g/mol. The molecule has 0 aliphatic rings. The molecule has 1 heterocycles. The monoisotopic (exact) mass is 295 g/mol. The topological polar surface area (TPSA) is 77.6 Å². The van der Waals surface area contributed by atoms with Crippen molar-refractivity contribution in [3.05, 3.63) is 65.2 Å². The van der Waals surface area contributed by atoms with Gasteiger partial charge in [0.25, 0.3) is 0 Å². The predicted molar refractivity (Wildman–Crippen MR) is 66.7 cm³/mol. The molecule has 2 N–H and O–H groups in total. The van der Waals surface area contributed by atoms with Crippen LogP contribution >= 0.6 is 0 Å². The smallest absolute Gasteiger partial charge is 0.371 e. The van der Waals surface area contributed by atoms with E-state index in [1.54, 1.807) is 12.1 Å². The second-order valence-corrected chi connectivity index (χ2v) is 3.79. The lowest BCUT2D eigenvalue weighted by Gasteiger charge is -2.03. The first-order valence-electron chi connectivity index (χ1n) is 5.60. The third-order valence-electron chi connectivity index (χ3n) is 2.40. The van der Waals surface area contributed by atoms with Crippen LogP contribution in [-0.4, -0.2) is 16.8 Å². The number of amidine groups is 1. The van der Waals surface area contributed by atoms with Crippen molar-refractivity contribution in [1.29, 1.82) is 0 Å². The van der Waals surface area contributed by atoms with Crippen LogP contribution in [-0.2, 0) is 4.84 Å². The molecule has 0 atom stereocenters. The Labute approximate surface area is 116 Å². The minimum absolute atomic E-state index is 0.200. The maximum atomic E-state index is 13.4. The molecule has 0 saturated heterocycles. The highest BCUT2D eigenvalue weighted by molar-refractivity contribution is 5.96. The molecule has 5 nitrogen and oxygen atoms in total. The lowest BCUT2D eigenvalue weighted by molar-refractivity contribution is 0.0503. The number of oxime groups is 1. The highest BCUT2D eigenvalue weighted by Gasteiger charge is 2.22. The van der Waals surface area contributed by atoms with Crippen molar-refractivity contribution >= 4 is 11.8 Å². The van der Waals surface area contributed by atoms with Crippen LogP contribution in [0.3, 0.4) is 0 Å². The van der Waals surface area contributed by atoms with Crippen LogP contribution in [0, 0.1) is 17.5 Å². The minimum Gasteiger partial charge on any atom is -0.379 e. The van der Waals surface area contributed by atoms with Gasteiger partial charge in [0.2, 0.25) is 0 Å². The molecule has 0 radical (unpaired) electrons. The van der Waals surface area contributed by atoms with E-state index in [2.05, 4.69) is 15.0 Å². The SMILES string of the molecule is NC(=NOC(=O)c1c(F)ccc(F)c1F)c1ccccn1. The van der Waals surface area contributed by atoms with E-state index in [9.17, 15) is 18.0 Å². The van der Waals surface area contributed by atoms with E-state index >= 15 is 0 Å². The summed E-state index contributed by atoms with van der Waals surface area (Å²) in [5.41, 5.74) is 4.49. The molecule has 21 heavy (non-hydrogen) atoms. The second kappa shape index (κ2) is 6.04.